The molecule has 0 aliphatic heterocycles. The van der Waals surface area contributed by atoms with Crippen molar-refractivity contribution < 1.29 is 13.5 Å². The minimum Gasteiger partial charge on any atom is -0.396 e. The molecule has 0 spiro atoms. The van der Waals surface area contributed by atoms with Gasteiger partial charge in [0, 0.05) is 11.6 Å². The highest BCUT2D eigenvalue weighted by molar-refractivity contribution is 7.92. The number of benzene rings is 1. The van der Waals surface area contributed by atoms with Gasteiger partial charge < -0.3 is 5.11 Å². The number of sulfonamides is 1. The first-order valence-corrected chi connectivity index (χ1v) is 7.90. The van der Waals surface area contributed by atoms with Crippen molar-refractivity contribution in [2.45, 2.75) is 12.8 Å². The number of aliphatic hydroxyl groups is 1. The number of aliphatic hydroxyl groups excluding tert-OH is 1. The highest BCUT2D eigenvalue weighted by Gasteiger charge is 2.15. The van der Waals surface area contributed by atoms with Crippen LogP contribution in [0.3, 0.4) is 0 Å². The van der Waals surface area contributed by atoms with E-state index < -0.39 is 10.0 Å². The monoisotopic (exact) mass is 331 g/mol. The smallest absolute Gasteiger partial charge is 0.232 e. The molecule has 102 valence electrons. The fourth-order valence-electron chi connectivity index (χ4n) is 1.25. The van der Waals surface area contributed by atoms with Gasteiger partial charge in [0.05, 0.1) is 21.5 Å². The number of unbranched alkanes of at least 4 members (excludes halogenated alkanes) is 1. The molecule has 18 heavy (non-hydrogen) atoms. The zero-order chi connectivity index (χ0) is 13.8. The standard InChI is InChI=1S/C10H12Cl3NO3S/c11-7-5-8(12)10(9(13)6-7)14-18(16,17)4-2-1-3-15/h5-6,14-15H,1-4H2. The molecule has 0 heterocycles. The lowest BCUT2D eigenvalue weighted by atomic mass is 10.3. The van der Waals surface area contributed by atoms with Crippen LogP contribution in [0.15, 0.2) is 12.1 Å². The summed E-state index contributed by atoms with van der Waals surface area (Å²) in [5.41, 5.74) is 0.117. The molecule has 0 atom stereocenters. The molecule has 0 radical (unpaired) electrons. The fourth-order valence-corrected chi connectivity index (χ4v) is 3.49. The maximum absolute atomic E-state index is 11.7. The van der Waals surface area contributed by atoms with E-state index in [1.54, 1.807) is 0 Å². The van der Waals surface area contributed by atoms with Gasteiger partial charge in [-0.05, 0) is 25.0 Å². The summed E-state index contributed by atoms with van der Waals surface area (Å²) in [6.07, 6.45) is 0.775. The zero-order valence-electron chi connectivity index (χ0n) is 9.29. The van der Waals surface area contributed by atoms with E-state index >= 15 is 0 Å². The summed E-state index contributed by atoms with van der Waals surface area (Å²) in [6, 6.07) is 2.81. The molecular weight excluding hydrogens is 321 g/mol. The van der Waals surface area contributed by atoms with Crippen molar-refractivity contribution >= 4 is 50.5 Å². The lowest BCUT2D eigenvalue weighted by molar-refractivity contribution is 0.287. The summed E-state index contributed by atoms with van der Waals surface area (Å²) in [6.45, 7) is -0.0437. The molecule has 0 unspecified atom stereocenters. The van der Waals surface area contributed by atoms with Gasteiger partial charge in [0.15, 0.2) is 0 Å². The van der Waals surface area contributed by atoms with Gasteiger partial charge in [-0.3, -0.25) is 4.72 Å². The summed E-state index contributed by atoms with van der Waals surface area (Å²) in [4.78, 5) is 0. The fraction of sp³-hybridized carbons (Fsp3) is 0.400. The van der Waals surface area contributed by atoms with Gasteiger partial charge in [0.1, 0.15) is 0 Å². The Morgan fingerprint density at radius 3 is 2.17 bits per heavy atom. The van der Waals surface area contributed by atoms with Crippen LogP contribution in [0, 0.1) is 0 Å². The normalized spacial score (nSPS) is 11.6. The number of rotatable bonds is 6. The SMILES string of the molecule is O=S(=O)(CCCCO)Nc1c(Cl)cc(Cl)cc1Cl. The van der Waals surface area contributed by atoms with E-state index in [0.29, 0.717) is 17.9 Å². The van der Waals surface area contributed by atoms with Crippen molar-refractivity contribution in [2.75, 3.05) is 17.1 Å². The van der Waals surface area contributed by atoms with Crippen molar-refractivity contribution in [3.8, 4) is 0 Å². The molecule has 0 amide bonds. The van der Waals surface area contributed by atoms with Crippen LogP contribution in [0.4, 0.5) is 5.69 Å². The van der Waals surface area contributed by atoms with E-state index in [4.69, 9.17) is 39.9 Å². The van der Waals surface area contributed by atoms with Crippen molar-refractivity contribution in [3.05, 3.63) is 27.2 Å². The first-order valence-electron chi connectivity index (χ1n) is 5.11. The Morgan fingerprint density at radius 2 is 1.67 bits per heavy atom. The molecule has 0 fully saturated rings. The minimum absolute atomic E-state index is 0.0437. The average Bonchev–Trinajstić information content (AvgIpc) is 2.23. The largest absolute Gasteiger partial charge is 0.396 e. The van der Waals surface area contributed by atoms with Crippen LogP contribution in [0.1, 0.15) is 12.8 Å². The van der Waals surface area contributed by atoms with E-state index in [1.807, 2.05) is 0 Å². The summed E-state index contributed by atoms with van der Waals surface area (Å²) >= 11 is 17.5. The van der Waals surface area contributed by atoms with Crippen LogP contribution in [0.25, 0.3) is 0 Å². The van der Waals surface area contributed by atoms with Crippen molar-refractivity contribution in [1.29, 1.82) is 0 Å². The van der Waals surface area contributed by atoms with Crippen LogP contribution in [0.2, 0.25) is 15.1 Å². The first kappa shape index (κ1) is 15.9. The van der Waals surface area contributed by atoms with Crippen LogP contribution in [-0.4, -0.2) is 25.9 Å². The number of halogens is 3. The summed E-state index contributed by atoms with van der Waals surface area (Å²) in [7, 11) is -3.54. The average molecular weight is 333 g/mol. The van der Waals surface area contributed by atoms with E-state index in [-0.39, 0.29) is 28.1 Å². The number of anilines is 1. The Balaban J connectivity index is 2.84. The Hall–Kier alpha value is -0.200. The highest BCUT2D eigenvalue weighted by Crippen LogP contribution is 2.34. The van der Waals surface area contributed by atoms with Gasteiger partial charge in [0.25, 0.3) is 0 Å². The molecule has 0 saturated heterocycles. The van der Waals surface area contributed by atoms with Gasteiger partial charge >= 0.3 is 0 Å². The molecule has 0 aromatic heterocycles. The number of nitrogens with one attached hydrogen (secondary N) is 1. The van der Waals surface area contributed by atoms with Crippen molar-refractivity contribution in [1.82, 2.24) is 0 Å². The third-order valence-corrected chi connectivity index (χ3v) is 4.24. The maximum atomic E-state index is 11.7. The second-order valence-corrected chi connectivity index (χ2v) is 6.69. The lowest BCUT2D eigenvalue weighted by Gasteiger charge is -2.11. The predicted molar refractivity (Wildman–Crippen MR) is 75.2 cm³/mol. The second kappa shape index (κ2) is 6.82. The number of hydrogen-bond donors (Lipinski definition) is 2. The number of hydrogen-bond acceptors (Lipinski definition) is 3. The van der Waals surface area contributed by atoms with Gasteiger partial charge in [0.2, 0.25) is 10.0 Å². The van der Waals surface area contributed by atoms with Crippen molar-refractivity contribution in [3.63, 3.8) is 0 Å². The van der Waals surface area contributed by atoms with Gasteiger partial charge in [-0.25, -0.2) is 8.42 Å². The molecule has 8 heteroatoms. The van der Waals surface area contributed by atoms with E-state index in [0.717, 1.165) is 0 Å². The first-order chi connectivity index (χ1) is 8.35. The molecule has 0 saturated carbocycles. The van der Waals surface area contributed by atoms with Crippen LogP contribution >= 0.6 is 34.8 Å². The maximum Gasteiger partial charge on any atom is 0.232 e. The topological polar surface area (TPSA) is 66.4 Å². The van der Waals surface area contributed by atoms with Gasteiger partial charge in [-0.2, -0.15) is 0 Å². The molecule has 1 aromatic carbocycles. The van der Waals surface area contributed by atoms with Crippen LogP contribution in [-0.2, 0) is 10.0 Å². The molecule has 0 aliphatic carbocycles. The third kappa shape index (κ3) is 4.82. The summed E-state index contributed by atoms with van der Waals surface area (Å²) in [5, 5.41) is 9.20. The minimum atomic E-state index is -3.54. The molecule has 4 nitrogen and oxygen atoms in total. The third-order valence-electron chi connectivity index (χ3n) is 2.09. The summed E-state index contributed by atoms with van der Waals surface area (Å²) < 4.78 is 25.8. The molecule has 0 bridgehead atoms. The van der Waals surface area contributed by atoms with E-state index in [2.05, 4.69) is 4.72 Å². The molecule has 1 rings (SSSR count). The van der Waals surface area contributed by atoms with Crippen LogP contribution in [0.5, 0.6) is 0 Å². The van der Waals surface area contributed by atoms with Gasteiger partial charge in [-0.1, -0.05) is 34.8 Å². The lowest BCUT2D eigenvalue weighted by Crippen LogP contribution is -2.17. The van der Waals surface area contributed by atoms with Gasteiger partial charge in [-0.15, -0.1) is 0 Å². The Morgan fingerprint density at radius 1 is 1.11 bits per heavy atom. The highest BCUT2D eigenvalue weighted by atomic mass is 35.5. The molecule has 0 aliphatic rings. The van der Waals surface area contributed by atoms with Crippen molar-refractivity contribution in [2.24, 2.45) is 0 Å². The quantitative estimate of drug-likeness (QED) is 0.786. The Labute approximate surface area is 121 Å². The molecule has 1 aromatic rings. The van der Waals surface area contributed by atoms with E-state index in [9.17, 15) is 8.42 Å². The Kier molecular flexibility index (Phi) is 6.01. The Bertz CT molecular complexity index is 496. The molecule has 2 N–H and O–H groups in total. The van der Waals surface area contributed by atoms with E-state index in [1.165, 1.54) is 12.1 Å². The zero-order valence-corrected chi connectivity index (χ0v) is 12.4. The van der Waals surface area contributed by atoms with Crippen LogP contribution < -0.4 is 4.72 Å². The predicted octanol–water partition coefficient (Wildman–Crippen LogP) is 3.16. The summed E-state index contributed by atoms with van der Waals surface area (Å²) in [5.74, 6) is -0.108. The second-order valence-electron chi connectivity index (χ2n) is 3.60. The molecular formula is C10H12Cl3NO3S.